The molecule has 2 aromatic heterocycles. The van der Waals surface area contributed by atoms with E-state index >= 15 is 0 Å². The number of urea groups is 1. The number of alkyl halides is 2. The van der Waals surface area contributed by atoms with Crippen molar-refractivity contribution in [3.63, 3.8) is 0 Å². The number of H-pyrrole nitrogens is 1. The lowest BCUT2D eigenvalue weighted by molar-refractivity contribution is 0.0796. The molecule has 10 heteroatoms. The van der Waals surface area contributed by atoms with Crippen molar-refractivity contribution in [2.24, 2.45) is 0 Å². The number of carbonyl (C=O) groups excluding carboxylic acids is 1. The molecule has 1 aliphatic heterocycles. The highest BCUT2D eigenvalue weighted by Crippen LogP contribution is 2.17. The molecule has 1 aliphatic rings. The summed E-state index contributed by atoms with van der Waals surface area (Å²) >= 11 is 0. The highest BCUT2D eigenvalue weighted by molar-refractivity contribution is 5.88. The number of aromatic nitrogens is 3. The van der Waals surface area contributed by atoms with E-state index in [0.717, 1.165) is 5.69 Å². The predicted octanol–water partition coefficient (Wildman–Crippen LogP) is 1.40. The molecule has 3 rings (SSSR count). The average molecular weight is 351 g/mol. The van der Waals surface area contributed by atoms with Crippen LogP contribution < -0.4 is 15.6 Å². The fraction of sp³-hybridized carbons (Fsp3) is 0.333. The number of halogens is 2. The molecule has 0 aliphatic carbocycles. The number of nitrogens with zero attached hydrogens (tertiary/aromatic N) is 3. The number of nitrogens with one attached hydrogen (secondary N) is 2. The summed E-state index contributed by atoms with van der Waals surface area (Å²) in [7, 11) is 0. The third kappa shape index (κ3) is 4.28. The highest BCUT2D eigenvalue weighted by atomic mass is 19.3. The normalized spacial score (nSPS) is 13.5. The van der Waals surface area contributed by atoms with Crippen LogP contribution in [0.1, 0.15) is 11.3 Å². The molecule has 132 valence electrons. The van der Waals surface area contributed by atoms with Crippen molar-refractivity contribution in [2.45, 2.75) is 19.4 Å². The van der Waals surface area contributed by atoms with E-state index in [1.54, 1.807) is 6.07 Å². The first-order valence-electron chi connectivity index (χ1n) is 7.52. The van der Waals surface area contributed by atoms with Crippen LogP contribution >= 0.6 is 0 Å². The lowest BCUT2D eigenvalue weighted by Crippen LogP contribution is -2.40. The topological polar surface area (TPSA) is 100 Å². The second-order valence-electron chi connectivity index (χ2n) is 5.37. The van der Waals surface area contributed by atoms with Gasteiger partial charge in [0.2, 0.25) is 5.88 Å². The number of pyridine rings is 1. The number of ether oxygens (including phenoxy) is 1. The predicted molar refractivity (Wildman–Crippen MR) is 83.7 cm³/mol. The van der Waals surface area contributed by atoms with E-state index in [1.807, 2.05) is 0 Å². The van der Waals surface area contributed by atoms with E-state index < -0.39 is 19.1 Å². The third-order valence-electron chi connectivity index (χ3n) is 3.56. The van der Waals surface area contributed by atoms with Gasteiger partial charge in [-0.1, -0.05) is 6.07 Å². The number of hydrogen-bond donors (Lipinski definition) is 2. The lowest BCUT2D eigenvalue weighted by atomic mass is 10.1. The van der Waals surface area contributed by atoms with Gasteiger partial charge in [0, 0.05) is 37.2 Å². The molecular weight excluding hydrogens is 336 g/mol. The summed E-state index contributed by atoms with van der Waals surface area (Å²) < 4.78 is 29.2. The zero-order valence-electron chi connectivity index (χ0n) is 13.0. The molecule has 0 unspecified atom stereocenters. The first-order chi connectivity index (χ1) is 12.0. The number of hydrogen-bond acceptors (Lipinski definition) is 5. The van der Waals surface area contributed by atoms with Gasteiger partial charge in [-0.25, -0.2) is 18.7 Å². The minimum absolute atomic E-state index is 0.00202. The van der Waals surface area contributed by atoms with Crippen molar-refractivity contribution in [3.8, 4) is 5.88 Å². The molecule has 2 N–H and O–H groups in total. The van der Waals surface area contributed by atoms with E-state index in [-0.39, 0.29) is 23.8 Å². The van der Waals surface area contributed by atoms with Gasteiger partial charge in [0.05, 0.1) is 5.69 Å². The molecular formula is C15H15F2N5O3. The first-order valence-corrected chi connectivity index (χ1v) is 7.52. The van der Waals surface area contributed by atoms with Crippen LogP contribution in [-0.2, 0) is 13.0 Å². The Morgan fingerprint density at radius 2 is 2.28 bits per heavy atom. The molecule has 0 spiro atoms. The van der Waals surface area contributed by atoms with Gasteiger partial charge in [-0.05, 0) is 6.07 Å². The number of aromatic amines is 1. The summed E-state index contributed by atoms with van der Waals surface area (Å²) in [5.74, 6) is 0.185. The third-order valence-corrected chi connectivity index (χ3v) is 3.56. The summed E-state index contributed by atoms with van der Waals surface area (Å²) in [6.07, 6.45) is -2.09. The van der Waals surface area contributed by atoms with E-state index in [1.165, 1.54) is 23.1 Å². The van der Waals surface area contributed by atoms with E-state index in [0.29, 0.717) is 18.5 Å². The fourth-order valence-corrected chi connectivity index (χ4v) is 2.42. The van der Waals surface area contributed by atoms with Gasteiger partial charge in [-0.15, -0.1) is 0 Å². The van der Waals surface area contributed by atoms with Crippen molar-refractivity contribution in [1.82, 2.24) is 20.1 Å². The van der Waals surface area contributed by atoms with Crippen LogP contribution in [0.4, 0.5) is 19.4 Å². The Balaban J connectivity index is 1.65. The van der Waals surface area contributed by atoms with Crippen LogP contribution in [0.5, 0.6) is 5.88 Å². The standard InChI is InChI=1S/C15H15F2N5O3/c16-11(17)8-25-14-3-1-2-12(18-14)19-15(24)22-5-4-10-9(7-22)6-13(23)21-20-10/h1-3,6,11H,4-5,7-8H2,(H,21,23)(H,18,19,24). The van der Waals surface area contributed by atoms with E-state index in [9.17, 15) is 18.4 Å². The first kappa shape index (κ1) is 16.8. The fourth-order valence-electron chi connectivity index (χ4n) is 2.42. The SMILES string of the molecule is O=C(Nc1cccc(OCC(F)F)n1)N1CCc2n[nH]c(=O)cc2C1. The summed E-state index contributed by atoms with van der Waals surface area (Å²) in [6.45, 7) is -0.0893. The zero-order valence-corrected chi connectivity index (χ0v) is 13.0. The Morgan fingerprint density at radius 1 is 1.44 bits per heavy atom. The van der Waals surface area contributed by atoms with E-state index in [4.69, 9.17) is 4.74 Å². The van der Waals surface area contributed by atoms with Gasteiger partial charge < -0.3 is 9.64 Å². The lowest BCUT2D eigenvalue weighted by Gasteiger charge is -2.27. The molecule has 0 aromatic carbocycles. The van der Waals surface area contributed by atoms with Crippen LogP contribution in [0, 0.1) is 0 Å². The van der Waals surface area contributed by atoms with Gasteiger partial charge in [0.1, 0.15) is 5.82 Å². The number of carbonyl (C=O) groups is 1. The smallest absolute Gasteiger partial charge is 0.323 e. The summed E-state index contributed by atoms with van der Waals surface area (Å²) in [5.41, 5.74) is 1.11. The Bertz CT molecular complexity index is 827. The van der Waals surface area contributed by atoms with Gasteiger partial charge in [-0.2, -0.15) is 10.1 Å². The van der Waals surface area contributed by atoms with Crippen LogP contribution in [0.2, 0.25) is 0 Å². The van der Waals surface area contributed by atoms with Crippen molar-refractivity contribution in [1.29, 1.82) is 0 Å². The zero-order chi connectivity index (χ0) is 17.8. The van der Waals surface area contributed by atoms with Crippen molar-refractivity contribution in [3.05, 3.63) is 45.9 Å². The monoisotopic (exact) mass is 351 g/mol. The molecule has 2 aromatic rings. The molecule has 8 nitrogen and oxygen atoms in total. The van der Waals surface area contributed by atoms with Gasteiger partial charge in [0.15, 0.2) is 6.61 Å². The second-order valence-corrected chi connectivity index (χ2v) is 5.37. The average Bonchev–Trinajstić information content (AvgIpc) is 2.59. The van der Waals surface area contributed by atoms with Gasteiger partial charge >= 0.3 is 6.03 Å². The number of amides is 2. The van der Waals surface area contributed by atoms with Crippen LogP contribution in [0.25, 0.3) is 0 Å². The Morgan fingerprint density at radius 3 is 3.08 bits per heavy atom. The number of rotatable bonds is 4. The minimum Gasteiger partial charge on any atom is -0.472 e. The van der Waals surface area contributed by atoms with Crippen molar-refractivity contribution >= 4 is 11.8 Å². The van der Waals surface area contributed by atoms with Gasteiger partial charge in [0.25, 0.3) is 12.0 Å². The second kappa shape index (κ2) is 7.24. The van der Waals surface area contributed by atoms with E-state index in [2.05, 4.69) is 20.5 Å². The number of anilines is 1. The van der Waals surface area contributed by atoms with Gasteiger partial charge in [-0.3, -0.25) is 10.1 Å². The quantitative estimate of drug-likeness (QED) is 0.867. The summed E-state index contributed by atoms with van der Waals surface area (Å²) in [6, 6.07) is 5.49. The largest absolute Gasteiger partial charge is 0.472 e. The van der Waals surface area contributed by atoms with Crippen molar-refractivity contribution in [2.75, 3.05) is 18.5 Å². The molecule has 0 radical (unpaired) electrons. The van der Waals surface area contributed by atoms with Crippen LogP contribution in [0.15, 0.2) is 29.1 Å². The number of fused-ring (bicyclic) bond motifs is 1. The van der Waals surface area contributed by atoms with Crippen LogP contribution in [0.3, 0.4) is 0 Å². The molecule has 0 saturated heterocycles. The Kier molecular flexibility index (Phi) is 4.87. The minimum atomic E-state index is -2.61. The van der Waals surface area contributed by atoms with Crippen molar-refractivity contribution < 1.29 is 18.3 Å². The molecule has 0 atom stereocenters. The maximum atomic E-state index is 12.3. The molecule has 2 amide bonds. The molecule has 3 heterocycles. The molecule has 0 fully saturated rings. The molecule has 0 saturated carbocycles. The molecule has 0 bridgehead atoms. The Labute approximate surface area is 140 Å². The highest BCUT2D eigenvalue weighted by Gasteiger charge is 2.22. The summed E-state index contributed by atoms with van der Waals surface area (Å²) in [4.78, 5) is 29.2. The summed E-state index contributed by atoms with van der Waals surface area (Å²) in [5, 5.41) is 8.91. The Hall–Kier alpha value is -3.04. The maximum Gasteiger partial charge on any atom is 0.323 e. The molecule has 25 heavy (non-hydrogen) atoms. The van der Waals surface area contributed by atoms with Crippen LogP contribution in [-0.4, -0.2) is 45.7 Å². The maximum absolute atomic E-state index is 12.3.